The molecular formula is C8H8F6O2. The summed E-state index contributed by atoms with van der Waals surface area (Å²) in [5.41, 5.74) is -0.746. The highest BCUT2D eigenvalue weighted by Crippen LogP contribution is 2.42. The lowest BCUT2D eigenvalue weighted by atomic mass is 10.0. The molecule has 0 bridgehead atoms. The van der Waals surface area contributed by atoms with Crippen LogP contribution in [0.4, 0.5) is 26.3 Å². The third kappa shape index (κ3) is 3.14. The molecular weight excluding hydrogens is 242 g/mol. The molecule has 0 saturated carbocycles. The van der Waals surface area contributed by atoms with Crippen LogP contribution in [0.3, 0.4) is 0 Å². The predicted molar refractivity (Wildman–Crippen MR) is 41.9 cm³/mol. The Hall–Kier alpha value is -1.21. The fourth-order valence-corrected chi connectivity index (χ4v) is 0.741. The highest BCUT2D eigenvalue weighted by atomic mass is 19.3. The maximum atomic E-state index is 12.6. The van der Waals surface area contributed by atoms with Gasteiger partial charge in [0.15, 0.2) is 0 Å². The Balaban J connectivity index is 4.58. The van der Waals surface area contributed by atoms with Crippen molar-refractivity contribution in [1.82, 2.24) is 0 Å². The van der Waals surface area contributed by atoms with Gasteiger partial charge in [0.25, 0.3) is 0 Å². The smallest absolute Gasteiger partial charge is 0.369 e. The molecule has 0 aromatic carbocycles. The number of hydrogen-bond acceptors (Lipinski definition) is 1. The van der Waals surface area contributed by atoms with E-state index in [1.54, 1.807) is 0 Å². The monoisotopic (exact) mass is 250 g/mol. The number of hydrogen-bond donors (Lipinski definition) is 1. The zero-order valence-electron chi connectivity index (χ0n) is 7.82. The highest BCUT2D eigenvalue weighted by Gasteiger charge is 2.62. The summed E-state index contributed by atoms with van der Waals surface area (Å²) >= 11 is 0. The lowest BCUT2D eigenvalue weighted by Crippen LogP contribution is -2.46. The SMILES string of the molecule is C=C(CCC(F)(F)C(F)(F)C(F)F)C(=O)O. The second-order valence-electron chi connectivity index (χ2n) is 3.04. The van der Waals surface area contributed by atoms with Crippen molar-refractivity contribution >= 4 is 5.97 Å². The molecule has 0 fully saturated rings. The van der Waals surface area contributed by atoms with Crippen LogP contribution in [-0.4, -0.2) is 29.3 Å². The van der Waals surface area contributed by atoms with Crippen molar-refractivity contribution in [3.05, 3.63) is 12.2 Å². The lowest BCUT2D eigenvalue weighted by Gasteiger charge is -2.25. The molecule has 2 nitrogen and oxygen atoms in total. The number of rotatable bonds is 6. The molecule has 16 heavy (non-hydrogen) atoms. The molecule has 0 saturated heterocycles. The molecule has 0 spiro atoms. The summed E-state index contributed by atoms with van der Waals surface area (Å²) in [4.78, 5) is 10.1. The van der Waals surface area contributed by atoms with E-state index in [1.807, 2.05) is 0 Å². The Kier molecular flexibility index (Phi) is 4.39. The maximum absolute atomic E-state index is 12.6. The quantitative estimate of drug-likeness (QED) is 0.581. The van der Waals surface area contributed by atoms with Crippen molar-refractivity contribution < 1.29 is 36.2 Å². The number of alkyl halides is 6. The first-order valence-electron chi connectivity index (χ1n) is 3.97. The van der Waals surface area contributed by atoms with Crippen molar-refractivity contribution in [3.63, 3.8) is 0 Å². The van der Waals surface area contributed by atoms with Gasteiger partial charge in [-0.15, -0.1) is 0 Å². The van der Waals surface area contributed by atoms with Gasteiger partial charge in [0.2, 0.25) is 0 Å². The molecule has 1 N–H and O–H groups in total. The first-order chi connectivity index (χ1) is 7.02. The van der Waals surface area contributed by atoms with Gasteiger partial charge in [-0.1, -0.05) is 6.58 Å². The Morgan fingerprint density at radius 2 is 1.69 bits per heavy atom. The number of aliphatic carboxylic acids is 1. The fraction of sp³-hybridized carbons (Fsp3) is 0.625. The van der Waals surface area contributed by atoms with E-state index < -0.39 is 42.7 Å². The molecule has 0 aliphatic carbocycles. The third-order valence-corrected chi connectivity index (χ3v) is 1.80. The van der Waals surface area contributed by atoms with Crippen LogP contribution in [0.2, 0.25) is 0 Å². The second-order valence-corrected chi connectivity index (χ2v) is 3.04. The van der Waals surface area contributed by atoms with Crippen LogP contribution < -0.4 is 0 Å². The molecule has 94 valence electrons. The summed E-state index contributed by atoms with van der Waals surface area (Å²) in [6.07, 6.45) is -7.21. The summed E-state index contributed by atoms with van der Waals surface area (Å²) in [7, 11) is 0. The topological polar surface area (TPSA) is 37.3 Å². The first kappa shape index (κ1) is 14.8. The highest BCUT2D eigenvalue weighted by molar-refractivity contribution is 5.85. The van der Waals surface area contributed by atoms with Gasteiger partial charge in [0, 0.05) is 12.0 Å². The van der Waals surface area contributed by atoms with E-state index >= 15 is 0 Å². The summed E-state index contributed by atoms with van der Waals surface area (Å²) in [5, 5.41) is 8.21. The zero-order chi connectivity index (χ0) is 13.1. The minimum atomic E-state index is -5.48. The molecule has 0 aromatic rings. The van der Waals surface area contributed by atoms with Gasteiger partial charge in [-0.2, -0.15) is 17.6 Å². The van der Waals surface area contributed by atoms with Gasteiger partial charge < -0.3 is 5.11 Å². The molecule has 0 heterocycles. The van der Waals surface area contributed by atoms with Crippen molar-refractivity contribution in [2.45, 2.75) is 31.1 Å². The molecule has 0 aliphatic rings. The van der Waals surface area contributed by atoms with Gasteiger partial charge in [-0.25, -0.2) is 13.6 Å². The molecule has 0 aromatic heterocycles. The van der Waals surface area contributed by atoms with Gasteiger partial charge in [-0.3, -0.25) is 0 Å². The summed E-state index contributed by atoms with van der Waals surface area (Å²) in [6, 6.07) is 0. The Morgan fingerprint density at radius 1 is 1.25 bits per heavy atom. The van der Waals surface area contributed by atoms with E-state index in [2.05, 4.69) is 6.58 Å². The Labute approximate surface area is 86.6 Å². The first-order valence-corrected chi connectivity index (χ1v) is 3.97. The molecule has 0 amide bonds. The number of carboxylic acids is 1. The fourth-order valence-electron chi connectivity index (χ4n) is 0.741. The molecule has 0 atom stereocenters. The normalized spacial score (nSPS) is 12.9. The van der Waals surface area contributed by atoms with Gasteiger partial charge in [0.1, 0.15) is 0 Å². The van der Waals surface area contributed by atoms with Gasteiger partial charge in [-0.05, 0) is 6.42 Å². The number of carboxylic acid groups (broad SMARTS) is 1. The van der Waals surface area contributed by atoms with E-state index in [0.29, 0.717) is 0 Å². The van der Waals surface area contributed by atoms with Crippen molar-refractivity contribution in [2.75, 3.05) is 0 Å². The van der Waals surface area contributed by atoms with E-state index in [4.69, 9.17) is 5.11 Å². The van der Waals surface area contributed by atoms with E-state index in [9.17, 15) is 31.1 Å². The second kappa shape index (κ2) is 4.75. The minimum absolute atomic E-state index is 0.746. The van der Waals surface area contributed by atoms with Crippen LogP contribution in [0.25, 0.3) is 0 Å². The minimum Gasteiger partial charge on any atom is -0.478 e. The van der Waals surface area contributed by atoms with E-state index in [1.165, 1.54) is 0 Å². The largest absolute Gasteiger partial charge is 0.478 e. The Bertz CT molecular complexity index is 286. The van der Waals surface area contributed by atoms with Crippen LogP contribution in [-0.2, 0) is 4.79 Å². The van der Waals surface area contributed by atoms with Crippen LogP contribution >= 0.6 is 0 Å². The number of halogens is 6. The van der Waals surface area contributed by atoms with Crippen molar-refractivity contribution in [1.29, 1.82) is 0 Å². The third-order valence-electron chi connectivity index (χ3n) is 1.80. The van der Waals surface area contributed by atoms with Crippen molar-refractivity contribution in [2.24, 2.45) is 0 Å². The van der Waals surface area contributed by atoms with Gasteiger partial charge in [0.05, 0.1) is 0 Å². The van der Waals surface area contributed by atoms with Crippen LogP contribution in [0.1, 0.15) is 12.8 Å². The van der Waals surface area contributed by atoms with Crippen LogP contribution in [0.15, 0.2) is 12.2 Å². The molecule has 0 radical (unpaired) electrons. The lowest BCUT2D eigenvalue weighted by molar-refractivity contribution is -0.265. The van der Waals surface area contributed by atoms with Crippen LogP contribution in [0, 0.1) is 0 Å². The average molecular weight is 250 g/mol. The summed E-state index contributed by atoms with van der Waals surface area (Å²) in [5.74, 6) is -12.1. The van der Waals surface area contributed by atoms with Crippen molar-refractivity contribution in [3.8, 4) is 0 Å². The average Bonchev–Trinajstić information content (AvgIpc) is 2.13. The summed E-state index contributed by atoms with van der Waals surface area (Å²) < 4.78 is 73.1. The zero-order valence-corrected chi connectivity index (χ0v) is 7.82. The van der Waals surface area contributed by atoms with E-state index in [0.717, 1.165) is 0 Å². The molecule has 0 unspecified atom stereocenters. The number of carbonyl (C=O) groups is 1. The Morgan fingerprint density at radius 3 is 2.00 bits per heavy atom. The summed E-state index contributed by atoms with van der Waals surface area (Å²) in [6.45, 7) is 2.82. The molecule has 8 heteroatoms. The molecule has 0 rings (SSSR count). The standard InChI is InChI=1S/C8H8F6O2/c1-4(5(15)16)2-3-7(11,12)8(13,14)6(9)10/h6H,1-3H2,(H,15,16). The van der Waals surface area contributed by atoms with E-state index in [-0.39, 0.29) is 0 Å². The predicted octanol–water partition coefficient (Wildman–Crippen LogP) is 2.94. The maximum Gasteiger partial charge on any atom is 0.369 e. The molecule has 0 aliphatic heterocycles. The van der Waals surface area contributed by atoms with Gasteiger partial charge >= 0.3 is 24.2 Å². The van der Waals surface area contributed by atoms with Crippen LogP contribution in [0.5, 0.6) is 0 Å².